The Kier molecular flexibility index (Phi) is 4.22. The molecule has 0 saturated carbocycles. The van der Waals surface area contributed by atoms with E-state index in [0.29, 0.717) is 23.7 Å². The molecule has 0 spiro atoms. The molecule has 1 aliphatic heterocycles. The quantitative estimate of drug-likeness (QED) is 0.826. The maximum Gasteiger partial charge on any atom is 0.270 e. The van der Waals surface area contributed by atoms with Gasteiger partial charge in [-0.25, -0.2) is 18.4 Å². The van der Waals surface area contributed by atoms with E-state index in [-0.39, 0.29) is 29.2 Å². The Morgan fingerprint density at radius 2 is 2.08 bits per heavy atom. The fourth-order valence-electron chi connectivity index (χ4n) is 2.45. The predicted molar refractivity (Wildman–Crippen MR) is 85.8 cm³/mol. The van der Waals surface area contributed by atoms with Gasteiger partial charge in [0.15, 0.2) is 15.7 Å². The number of carbonyl (C=O) groups excluding carboxylic acids is 1. The van der Waals surface area contributed by atoms with E-state index in [0.717, 1.165) is 0 Å². The molecule has 2 aromatic rings. The molecular weight excluding hydrogens is 334 g/mol. The van der Waals surface area contributed by atoms with Gasteiger partial charge in [0, 0.05) is 17.8 Å². The molecule has 1 atom stereocenters. The van der Waals surface area contributed by atoms with Crippen molar-refractivity contribution in [1.29, 1.82) is 0 Å². The van der Waals surface area contributed by atoms with E-state index in [2.05, 4.69) is 25.8 Å². The van der Waals surface area contributed by atoms with Gasteiger partial charge < -0.3 is 15.2 Å². The third-order valence-corrected chi connectivity index (χ3v) is 5.29. The van der Waals surface area contributed by atoms with Crippen molar-refractivity contribution in [3.8, 4) is 0 Å². The highest BCUT2D eigenvalue weighted by Crippen LogP contribution is 2.15. The Bertz CT molecular complexity index is 877. The molecule has 9 nitrogen and oxygen atoms in total. The molecule has 0 bridgehead atoms. The summed E-state index contributed by atoms with van der Waals surface area (Å²) in [5, 5.41) is 9.35. The summed E-state index contributed by atoms with van der Waals surface area (Å²) < 4.78 is 27.9. The summed E-state index contributed by atoms with van der Waals surface area (Å²) in [4.78, 5) is 20.7. The lowest BCUT2D eigenvalue weighted by molar-refractivity contribution is 0.0936. The number of sulfone groups is 1. The number of hydrogen-bond donors (Lipinski definition) is 2. The molecule has 0 aromatic carbocycles. The second-order valence-electron chi connectivity index (χ2n) is 5.74. The van der Waals surface area contributed by atoms with Crippen LogP contribution in [0, 0.1) is 13.8 Å². The summed E-state index contributed by atoms with van der Waals surface area (Å²) >= 11 is 0. The van der Waals surface area contributed by atoms with Crippen molar-refractivity contribution in [2.45, 2.75) is 26.3 Å². The van der Waals surface area contributed by atoms with Crippen LogP contribution in [0.5, 0.6) is 0 Å². The van der Waals surface area contributed by atoms with Crippen LogP contribution in [-0.4, -0.2) is 47.0 Å². The van der Waals surface area contributed by atoms with Gasteiger partial charge in [-0.3, -0.25) is 4.79 Å². The van der Waals surface area contributed by atoms with Gasteiger partial charge in [0.2, 0.25) is 5.95 Å². The Morgan fingerprint density at radius 3 is 2.71 bits per heavy atom. The highest BCUT2D eigenvalue weighted by molar-refractivity contribution is 7.91. The van der Waals surface area contributed by atoms with E-state index >= 15 is 0 Å². The first-order valence-electron chi connectivity index (χ1n) is 7.38. The predicted octanol–water partition coefficient (Wildman–Crippen LogP) is 0.742. The molecular formula is C14H17N5O4S. The van der Waals surface area contributed by atoms with Crippen molar-refractivity contribution >= 4 is 27.5 Å². The second kappa shape index (κ2) is 6.19. The van der Waals surface area contributed by atoms with Crippen molar-refractivity contribution in [1.82, 2.24) is 20.4 Å². The summed E-state index contributed by atoms with van der Waals surface area (Å²) in [5.74, 6) is 0.914. The van der Waals surface area contributed by atoms with Crippen LogP contribution >= 0.6 is 0 Å². The summed E-state index contributed by atoms with van der Waals surface area (Å²) in [6.07, 6.45) is 0.418. The van der Waals surface area contributed by atoms with Crippen molar-refractivity contribution in [3.63, 3.8) is 0 Å². The number of carbonyl (C=O) groups is 1. The molecule has 3 rings (SSSR count). The molecule has 128 valence electrons. The first-order chi connectivity index (χ1) is 11.3. The minimum atomic E-state index is -3.06. The number of aromatic nitrogens is 3. The Labute approximate surface area is 138 Å². The minimum absolute atomic E-state index is 0.0356. The molecule has 2 aromatic heterocycles. The van der Waals surface area contributed by atoms with Crippen molar-refractivity contribution in [2.24, 2.45) is 0 Å². The Morgan fingerprint density at radius 1 is 1.29 bits per heavy atom. The van der Waals surface area contributed by atoms with Gasteiger partial charge in [-0.1, -0.05) is 5.16 Å². The molecule has 1 saturated heterocycles. The summed E-state index contributed by atoms with van der Waals surface area (Å²) in [5.41, 5.74) is 0.756. The van der Waals surface area contributed by atoms with Crippen molar-refractivity contribution < 1.29 is 17.7 Å². The Hall–Kier alpha value is -2.49. The van der Waals surface area contributed by atoms with Crippen LogP contribution in [0.2, 0.25) is 0 Å². The van der Waals surface area contributed by atoms with E-state index in [1.54, 1.807) is 19.9 Å². The van der Waals surface area contributed by atoms with Gasteiger partial charge in [-0.15, -0.1) is 0 Å². The highest BCUT2D eigenvalue weighted by Gasteiger charge is 2.29. The maximum absolute atomic E-state index is 12.3. The molecule has 10 heteroatoms. The normalized spacial score (nSPS) is 19.2. The van der Waals surface area contributed by atoms with Gasteiger partial charge in [0.05, 0.1) is 11.5 Å². The van der Waals surface area contributed by atoms with Crippen molar-refractivity contribution in [2.75, 3.05) is 16.8 Å². The minimum Gasteiger partial charge on any atom is -0.360 e. The second-order valence-corrected chi connectivity index (χ2v) is 7.97. The lowest BCUT2D eigenvalue weighted by atomic mass is 10.2. The fourth-order valence-corrected chi connectivity index (χ4v) is 4.12. The van der Waals surface area contributed by atoms with E-state index in [9.17, 15) is 13.2 Å². The molecule has 24 heavy (non-hydrogen) atoms. The number of aryl methyl sites for hydroxylation is 2. The van der Waals surface area contributed by atoms with Gasteiger partial charge in [-0.05, 0) is 26.3 Å². The summed E-state index contributed by atoms with van der Waals surface area (Å²) in [7, 11) is -3.06. The smallest absolute Gasteiger partial charge is 0.270 e. The van der Waals surface area contributed by atoms with E-state index in [4.69, 9.17) is 4.52 Å². The standard InChI is InChI=1S/C14H17N5O4S/c1-8-5-11(13(20)16-10-3-4-24(21,22)7-10)17-14(15-8)18-12-6-9(2)23-19-12/h5-6,10H,3-4,7H2,1-2H3,(H,16,20)(H,15,17,18,19). The van der Waals surface area contributed by atoms with Crippen LogP contribution in [0.25, 0.3) is 0 Å². The molecule has 1 amide bonds. The first-order valence-corrected chi connectivity index (χ1v) is 9.20. The number of rotatable bonds is 4. The van der Waals surface area contributed by atoms with Crippen LogP contribution in [0.4, 0.5) is 11.8 Å². The molecule has 1 unspecified atom stereocenters. The molecule has 0 aliphatic carbocycles. The van der Waals surface area contributed by atoms with E-state index in [1.807, 2.05) is 0 Å². The van der Waals surface area contributed by atoms with Crippen LogP contribution in [0.3, 0.4) is 0 Å². The SMILES string of the molecule is Cc1cc(C(=O)NC2CCS(=O)(=O)C2)nc(Nc2cc(C)on2)n1. The number of amides is 1. The third-order valence-electron chi connectivity index (χ3n) is 3.52. The molecule has 2 N–H and O–H groups in total. The van der Waals surface area contributed by atoms with Gasteiger partial charge in [0.1, 0.15) is 11.5 Å². The van der Waals surface area contributed by atoms with E-state index < -0.39 is 15.7 Å². The monoisotopic (exact) mass is 351 g/mol. The zero-order chi connectivity index (χ0) is 17.3. The van der Waals surface area contributed by atoms with Gasteiger partial charge in [-0.2, -0.15) is 0 Å². The van der Waals surface area contributed by atoms with Crippen LogP contribution in [0.1, 0.15) is 28.4 Å². The number of nitrogens with zero attached hydrogens (tertiary/aromatic N) is 3. The summed E-state index contributed by atoms with van der Waals surface area (Å²) in [6, 6.07) is 2.83. The zero-order valence-corrected chi connectivity index (χ0v) is 14.1. The largest absolute Gasteiger partial charge is 0.360 e. The average molecular weight is 351 g/mol. The van der Waals surface area contributed by atoms with Gasteiger partial charge in [0.25, 0.3) is 5.91 Å². The van der Waals surface area contributed by atoms with Crippen LogP contribution in [-0.2, 0) is 9.84 Å². The third kappa shape index (κ3) is 3.88. The Balaban J connectivity index is 1.74. The highest BCUT2D eigenvalue weighted by atomic mass is 32.2. The fraction of sp³-hybridized carbons (Fsp3) is 0.429. The molecule has 1 fully saturated rings. The zero-order valence-electron chi connectivity index (χ0n) is 13.2. The van der Waals surface area contributed by atoms with Gasteiger partial charge >= 0.3 is 0 Å². The maximum atomic E-state index is 12.3. The average Bonchev–Trinajstić information content (AvgIpc) is 3.03. The van der Waals surface area contributed by atoms with Crippen LogP contribution < -0.4 is 10.6 Å². The lowest BCUT2D eigenvalue weighted by Gasteiger charge is -2.11. The lowest BCUT2D eigenvalue weighted by Crippen LogP contribution is -2.36. The first kappa shape index (κ1) is 16.4. The summed E-state index contributed by atoms with van der Waals surface area (Å²) in [6.45, 7) is 3.49. The molecule has 1 aliphatic rings. The number of hydrogen-bond acceptors (Lipinski definition) is 8. The number of anilines is 2. The molecule has 0 radical (unpaired) electrons. The van der Waals surface area contributed by atoms with E-state index in [1.165, 1.54) is 6.07 Å². The number of nitrogens with one attached hydrogen (secondary N) is 2. The topological polar surface area (TPSA) is 127 Å². The molecule has 3 heterocycles. The van der Waals surface area contributed by atoms with Crippen LogP contribution in [0.15, 0.2) is 16.7 Å². The van der Waals surface area contributed by atoms with Crippen molar-refractivity contribution in [3.05, 3.63) is 29.3 Å².